The number of nitrogens with one attached hydrogen (secondary N) is 1. The number of aliphatic hydroxyl groups is 4. The second-order valence-electron chi connectivity index (χ2n) is 6.67. The molecule has 2 fully saturated rings. The number of aldehydes is 1. The standard InChI is InChI=1S/C16H27NO10/c1-6-10(17-7(2)20)15(11(21)8(4-18)25-6)27-16-13(23)12(22)14(24-3)9(5-19)26-16/h5-6,8-16,18,21-23H,4H2,1-3H3,(H,17,20)/t6-,8?,9-,10?,11+,12?,13?,14+,15+,16-/m0/s1. The zero-order valence-electron chi connectivity index (χ0n) is 15.3. The molecule has 2 aliphatic rings. The quantitative estimate of drug-likeness (QED) is 0.288. The number of rotatable bonds is 6. The molecular formula is C16H27NO10. The van der Waals surface area contributed by atoms with Crippen LogP contribution < -0.4 is 5.32 Å². The third kappa shape index (κ3) is 4.63. The lowest BCUT2D eigenvalue weighted by Gasteiger charge is -2.47. The molecule has 0 bridgehead atoms. The summed E-state index contributed by atoms with van der Waals surface area (Å²) >= 11 is 0. The van der Waals surface area contributed by atoms with Crippen molar-refractivity contribution in [2.75, 3.05) is 13.7 Å². The van der Waals surface area contributed by atoms with Gasteiger partial charge in [-0.15, -0.1) is 0 Å². The first-order valence-corrected chi connectivity index (χ1v) is 8.61. The predicted octanol–water partition coefficient (Wildman–Crippen LogP) is -3.32. The van der Waals surface area contributed by atoms with Crippen LogP contribution in [0.5, 0.6) is 0 Å². The molecule has 2 saturated heterocycles. The number of carbonyl (C=O) groups excluding carboxylic acids is 2. The van der Waals surface area contributed by atoms with Crippen LogP contribution in [0.4, 0.5) is 0 Å². The Labute approximate surface area is 156 Å². The van der Waals surface area contributed by atoms with E-state index in [0.717, 1.165) is 0 Å². The van der Waals surface area contributed by atoms with E-state index in [2.05, 4.69) is 5.32 Å². The number of hydrogen-bond donors (Lipinski definition) is 5. The highest BCUT2D eigenvalue weighted by Crippen LogP contribution is 2.29. The average Bonchev–Trinajstić information content (AvgIpc) is 2.63. The van der Waals surface area contributed by atoms with E-state index >= 15 is 0 Å². The number of methoxy groups -OCH3 is 1. The van der Waals surface area contributed by atoms with Crippen molar-refractivity contribution in [2.45, 2.75) is 75.0 Å². The van der Waals surface area contributed by atoms with E-state index in [4.69, 9.17) is 18.9 Å². The summed E-state index contributed by atoms with van der Waals surface area (Å²) in [5, 5.41) is 42.9. The fourth-order valence-corrected chi connectivity index (χ4v) is 3.40. The van der Waals surface area contributed by atoms with Gasteiger partial charge >= 0.3 is 0 Å². The van der Waals surface area contributed by atoms with Gasteiger partial charge in [-0.05, 0) is 6.92 Å². The van der Waals surface area contributed by atoms with E-state index in [1.807, 2.05) is 0 Å². The van der Waals surface area contributed by atoms with Crippen molar-refractivity contribution in [2.24, 2.45) is 0 Å². The van der Waals surface area contributed by atoms with Crippen molar-refractivity contribution in [1.29, 1.82) is 0 Å². The minimum absolute atomic E-state index is 0.407. The summed E-state index contributed by atoms with van der Waals surface area (Å²) in [7, 11) is 1.25. The molecule has 0 radical (unpaired) electrons. The summed E-state index contributed by atoms with van der Waals surface area (Å²) in [6.07, 6.45) is -10.6. The van der Waals surface area contributed by atoms with Crippen molar-refractivity contribution in [3.05, 3.63) is 0 Å². The Bertz CT molecular complexity index is 519. The molecule has 27 heavy (non-hydrogen) atoms. The molecule has 0 aromatic carbocycles. The average molecular weight is 393 g/mol. The number of carbonyl (C=O) groups is 2. The molecule has 11 nitrogen and oxygen atoms in total. The molecule has 2 rings (SSSR count). The number of aliphatic hydroxyl groups excluding tert-OH is 4. The van der Waals surface area contributed by atoms with Gasteiger partial charge in [0.05, 0.1) is 18.8 Å². The first kappa shape index (κ1) is 22.1. The first-order valence-electron chi connectivity index (χ1n) is 8.61. The van der Waals surface area contributed by atoms with Crippen LogP contribution >= 0.6 is 0 Å². The summed E-state index contributed by atoms with van der Waals surface area (Å²) in [4.78, 5) is 22.7. The van der Waals surface area contributed by atoms with Crippen molar-refractivity contribution in [3.8, 4) is 0 Å². The Hall–Kier alpha value is -1.18. The van der Waals surface area contributed by atoms with Gasteiger partial charge in [-0.3, -0.25) is 4.79 Å². The van der Waals surface area contributed by atoms with Crippen LogP contribution in [0.3, 0.4) is 0 Å². The van der Waals surface area contributed by atoms with E-state index in [0.29, 0.717) is 6.29 Å². The molecule has 0 aromatic rings. The van der Waals surface area contributed by atoms with Crippen molar-refractivity contribution in [3.63, 3.8) is 0 Å². The van der Waals surface area contributed by atoms with Gasteiger partial charge in [-0.1, -0.05) is 0 Å². The molecule has 1 amide bonds. The summed E-state index contributed by atoms with van der Waals surface area (Å²) in [6, 6.07) is -0.830. The van der Waals surface area contributed by atoms with Crippen molar-refractivity contribution < 1.29 is 49.0 Å². The maximum atomic E-state index is 11.5. The smallest absolute Gasteiger partial charge is 0.217 e. The fourth-order valence-electron chi connectivity index (χ4n) is 3.40. The molecule has 0 spiro atoms. The number of ether oxygens (including phenoxy) is 4. The molecule has 11 heteroatoms. The highest BCUT2D eigenvalue weighted by molar-refractivity contribution is 5.73. The first-order chi connectivity index (χ1) is 12.7. The van der Waals surface area contributed by atoms with Crippen LogP contribution in [0.25, 0.3) is 0 Å². The maximum absolute atomic E-state index is 11.5. The van der Waals surface area contributed by atoms with Gasteiger partial charge in [0.15, 0.2) is 12.6 Å². The van der Waals surface area contributed by atoms with Gasteiger partial charge in [0.2, 0.25) is 5.91 Å². The van der Waals surface area contributed by atoms with E-state index in [9.17, 15) is 30.0 Å². The molecule has 2 heterocycles. The predicted molar refractivity (Wildman–Crippen MR) is 87.4 cm³/mol. The molecule has 4 unspecified atom stereocenters. The zero-order valence-corrected chi connectivity index (χ0v) is 15.3. The zero-order chi connectivity index (χ0) is 20.3. The molecule has 5 N–H and O–H groups in total. The van der Waals surface area contributed by atoms with Crippen molar-refractivity contribution in [1.82, 2.24) is 5.32 Å². The molecule has 0 aromatic heterocycles. The summed E-state index contributed by atoms with van der Waals surface area (Å²) in [6.45, 7) is 2.39. The molecular weight excluding hydrogens is 366 g/mol. The summed E-state index contributed by atoms with van der Waals surface area (Å²) in [5.41, 5.74) is 0. The number of hydrogen-bond acceptors (Lipinski definition) is 10. The monoisotopic (exact) mass is 393 g/mol. The summed E-state index contributed by atoms with van der Waals surface area (Å²) < 4.78 is 21.5. The SMILES string of the molecule is CO[C@H]1C(O)C(O)[C@H](O[C@@H]2C(NC(C)=O)[C@H](C)OC(CO)[C@H]2O)O[C@H]1C=O. The second kappa shape index (κ2) is 9.34. The minimum Gasteiger partial charge on any atom is -0.394 e. The van der Waals surface area contributed by atoms with Crippen LogP contribution in [-0.2, 0) is 28.5 Å². The maximum Gasteiger partial charge on any atom is 0.217 e. The molecule has 10 atom stereocenters. The Morgan fingerprint density at radius 3 is 2.33 bits per heavy atom. The number of amides is 1. The molecule has 156 valence electrons. The Morgan fingerprint density at radius 2 is 1.81 bits per heavy atom. The summed E-state index contributed by atoms with van der Waals surface area (Å²) in [5.74, 6) is -0.408. The van der Waals surface area contributed by atoms with Gasteiger partial charge in [0.25, 0.3) is 0 Å². The lowest BCUT2D eigenvalue weighted by Crippen LogP contribution is -2.67. The third-order valence-corrected chi connectivity index (χ3v) is 4.79. The van der Waals surface area contributed by atoms with Gasteiger partial charge in [0.1, 0.15) is 42.7 Å². The van der Waals surface area contributed by atoms with E-state index in [1.165, 1.54) is 14.0 Å². The highest BCUT2D eigenvalue weighted by atomic mass is 16.7. The Morgan fingerprint density at radius 1 is 1.15 bits per heavy atom. The Balaban J connectivity index is 2.23. The van der Waals surface area contributed by atoms with E-state index in [1.54, 1.807) is 6.92 Å². The van der Waals surface area contributed by atoms with Crippen molar-refractivity contribution >= 4 is 12.2 Å². The normalized spacial score (nSPS) is 45.3. The molecule has 0 aliphatic carbocycles. The van der Waals surface area contributed by atoms with E-state index < -0.39 is 73.7 Å². The highest BCUT2D eigenvalue weighted by Gasteiger charge is 2.50. The van der Waals surface area contributed by atoms with Crippen LogP contribution in [0.15, 0.2) is 0 Å². The van der Waals surface area contributed by atoms with Gasteiger partial charge < -0.3 is 49.5 Å². The Kier molecular flexibility index (Phi) is 7.65. The van der Waals surface area contributed by atoms with Gasteiger partial charge in [0, 0.05) is 14.0 Å². The van der Waals surface area contributed by atoms with Crippen LogP contribution in [0.1, 0.15) is 13.8 Å². The topological polar surface area (TPSA) is 164 Å². The van der Waals surface area contributed by atoms with Gasteiger partial charge in [-0.25, -0.2) is 0 Å². The van der Waals surface area contributed by atoms with Crippen LogP contribution in [-0.4, -0.2) is 107 Å². The fraction of sp³-hybridized carbons (Fsp3) is 0.875. The van der Waals surface area contributed by atoms with Crippen LogP contribution in [0.2, 0.25) is 0 Å². The minimum atomic E-state index is -1.58. The lowest BCUT2D eigenvalue weighted by molar-refractivity contribution is -0.323. The second-order valence-corrected chi connectivity index (χ2v) is 6.67. The van der Waals surface area contributed by atoms with Gasteiger partial charge in [-0.2, -0.15) is 0 Å². The van der Waals surface area contributed by atoms with Crippen LogP contribution in [0, 0.1) is 0 Å². The third-order valence-electron chi connectivity index (χ3n) is 4.79. The van der Waals surface area contributed by atoms with E-state index in [-0.39, 0.29) is 0 Å². The lowest BCUT2D eigenvalue weighted by atomic mass is 9.92. The largest absolute Gasteiger partial charge is 0.394 e. The molecule has 2 aliphatic heterocycles. The molecule has 0 saturated carbocycles.